The summed E-state index contributed by atoms with van der Waals surface area (Å²) < 4.78 is 0. The normalized spacial score (nSPS) is 13.9. The Balaban J connectivity index is 2.48. The van der Waals surface area contributed by atoms with Crippen LogP contribution in [0.25, 0.3) is 0 Å². The van der Waals surface area contributed by atoms with Crippen LogP contribution in [-0.4, -0.2) is 17.6 Å². The number of aryl methyl sites for hydroxylation is 1. The lowest BCUT2D eigenvalue weighted by Gasteiger charge is -2.23. The van der Waals surface area contributed by atoms with Crippen LogP contribution in [0.2, 0.25) is 0 Å². The molecule has 0 spiro atoms. The van der Waals surface area contributed by atoms with Gasteiger partial charge in [-0.05, 0) is 31.7 Å². The second-order valence-corrected chi connectivity index (χ2v) is 6.98. The summed E-state index contributed by atoms with van der Waals surface area (Å²) in [6.45, 7) is 12.2. The SMILES string of the molecule is CCNC(CCC(C)(C)C)Cc1csc(C)n1. The van der Waals surface area contributed by atoms with E-state index < -0.39 is 0 Å². The fourth-order valence-corrected chi connectivity index (χ4v) is 2.55. The Morgan fingerprint density at radius 3 is 2.59 bits per heavy atom. The summed E-state index contributed by atoms with van der Waals surface area (Å²) in [5.74, 6) is 0. The molecule has 0 fully saturated rings. The molecule has 0 bridgehead atoms. The van der Waals surface area contributed by atoms with Crippen molar-refractivity contribution in [1.82, 2.24) is 10.3 Å². The van der Waals surface area contributed by atoms with Crippen molar-refractivity contribution in [3.05, 3.63) is 16.1 Å². The first-order valence-corrected chi connectivity index (χ1v) is 7.43. The summed E-state index contributed by atoms with van der Waals surface area (Å²) in [6.07, 6.45) is 3.55. The van der Waals surface area contributed by atoms with E-state index in [9.17, 15) is 0 Å². The highest BCUT2D eigenvalue weighted by molar-refractivity contribution is 7.09. The number of nitrogens with zero attached hydrogens (tertiary/aromatic N) is 1. The molecule has 1 aromatic rings. The molecule has 1 N–H and O–H groups in total. The fourth-order valence-electron chi connectivity index (χ4n) is 1.93. The first-order chi connectivity index (χ1) is 7.90. The van der Waals surface area contributed by atoms with Crippen molar-refractivity contribution in [1.29, 1.82) is 0 Å². The third-order valence-corrected chi connectivity index (χ3v) is 3.68. The Hall–Kier alpha value is -0.410. The fraction of sp³-hybridized carbons (Fsp3) is 0.786. The number of nitrogens with one attached hydrogen (secondary N) is 1. The smallest absolute Gasteiger partial charge is 0.0897 e. The number of hydrogen-bond acceptors (Lipinski definition) is 3. The summed E-state index contributed by atoms with van der Waals surface area (Å²) in [5, 5.41) is 6.94. The lowest BCUT2D eigenvalue weighted by Crippen LogP contribution is -2.32. The van der Waals surface area contributed by atoms with Crippen molar-refractivity contribution < 1.29 is 0 Å². The molecule has 0 saturated carbocycles. The van der Waals surface area contributed by atoms with Gasteiger partial charge in [-0.2, -0.15) is 0 Å². The lowest BCUT2D eigenvalue weighted by molar-refractivity contribution is 0.329. The molecule has 0 aliphatic rings. The molecule has 0 saturated heterocycles. The Morgan fingerprint density at radius 2 is 2.12 bits per heavy atom. The molecule has 17 heavy (non-hydrogen) atoms. The minimum absolute atomic E-state index is 0.422. The van der Waals surface area contributed by atoms with Crippen LogP contribution in [-0.2, 0) is 6.42 Å². The lowest BCUT2D eigenvalue weighted by atomic mass is 9.88. The molecule has 1 unspecified atom stereocenters. The number of rotatable bonds is 6. The summed E-state index contributed by atoms with van der Waals surface area (Å²) in [7, 11) is 0. The first kappa shape index (κ1) is 14.7. The molecule has 3 heteroatoms. The standard InChI is InChI=1S/C14H26N2S/c1-6-15-12(7-8-14(3,4)5)9-13-10-17-11(2)16-13/h10,12,15H,6-9H2,1-5H3. The number of thiazole rings is 1. The zero-order chi connectivity index (χ0) is 12.9. The Labute approximate surface area is 110 Å². The van der Waals surface area contributed by atoms with Crippen LogP contribution in [0.3, 0.4) is 0 Å². The molecular formula is C14H26N2S. The van der Waals surface area contributed by atoms with E-state index in [1.54, 1.807) is 11.3 Å². The monoisotopic (exact) mass is 254 g/mol. The van der Waals surface area contributed by atoms with Crippen molar-refractivity contribution in [3.8, 4) is 0 Å². The Morgan fingerprint density at radius 1 is 1.41 bits per heavy atom. The third kappa shape index (κ3) is 6.18. The second-order valence-electron chi connectivity index (χ2n) is 5.92. The molecule has 0 radical (unpaired) electrons. The average molecular weight is 254 g/mol. The van der Waals surface area contributed by atoms with Gasteiger partial charge in [-0.15, -0.1) is 11.3 Å². The summed E-state index contributed by atoms with van der Waals surface area (Å²) in [5.41, 5.74) is 1.67. The van der Waals surface area contributed by atoms with E-state index >= 15 is 0 Å². The highest BCUT2D eigenvalue weighted by atomic mass is 32.1. The second kappa shape index (κ2) is 6.50. The van der Waals surface area contributed by atoms with E-state index in [1.807, 2.05) is 0 Å². The Kier molecular flexibility index (Phi) is 5.60. The zero-order valence-corrected chi connectivity index (χ0v) is 12.7. The van der Waals surface area contributed by atoms with Gasteiger partial charge in [0.2, 0.25) is 0 Å². The Bertz CT molecular complexity index is 325. The van der Waals surface area contributed by atoms with Gasteiger partial charge in [-0.3, -0.25) is 0 Å². The molecule has 1 atom stereocenters. The van der Waals surface area contributed by atoms with E-state index in [0.29, 0.717) is 11.5 Å². The average Bonchev–Trinajstić information content (AvgIpc) is 2.60. The predicted octanol–water partition coefficient (Wildman–Crippen LogP) is 3.80. The minimum atomic E-state index is 0.422. The third-order valence-electron chi connectivity index (χ3n) is 2.86. The van der Waals surface area contributed by atoms with E-state index in [2.05, 4.69) is 50.3 Å². The van der Waals surface area contributed by atoms with Crippen LogP contribution in [0.15, 0.2) is 5.38 Å². The van der Waals surface area contributed by atoms with Crippen LogP contribution in [0.5, 0.6) is 0 Å². The molecule has 0 aliphatic carbocycles. The van der Waals surface area contributed by atoms with E-state index in [0.717, 1.165) is 13.0 Å². The van der Waals surface area contributed by atoms with Crippen molar-refractivity contribution in [3.63, 3.8) is 0 Å². The highest BCUT2D eigenvalue weighted by Gasteiger charge is 2.16. The maximum atomic E-state index is 4.56. The van der Waals surface area contributed by atoms with E-state index in [4.69, 9.17) is 0 Å². The van der Waals surface area contributed by atoms with Gasteiger partial charge in [0.1, 0.15) is 0 Å². The van der Waals surface area contributed by atoms with Gasteiger partial charge in [0.15, 0.2) is 0 Å². The zero-order valence-electron chi connectivity index (χ0n) is 11.8. The summed E-state index contributed by atoms with van der Waals surface area (Å²) in [4.78, 5) is 4.56. The quantitative estimate of drug-likeness (QED) is 0.835. The van der Waals surface area contributed by atoms with Crippen LogP contribution < -0.4 is 5.32 Å². The largest absolute Gasteiger partial charge is 0.314 e. The molecule has 0 aromatic carbocycles. The van der Waals surface area contributed by atoms with E-state index in [-0.39, 0.29) is 0 Å². The minimum Gasteiger partial charge on any atom is -0.314 e. The molecular weight excluding hydrogens is 228 g/mol. The van der Waals surface area contributed by atoms with Crippen molar-refractivity contribution in [2.45, 2.75) is 59.9 Å². The van der Waals surface area contributed by atoms with Gasteiger partial charge in [0.05, 0.1) is 10.7 Å². The topological polar surface area (TPSA) is 24.9 Å². The van der Waals surface area contributed by atoms with Gasteiger partial charge in [-0.1, -0.05) is 27.7 Å². The molecule has 1 heterocycles. The van der Waals surface area contributed by atoms with Gasteiger partial charge < -0.3 is 5.32 Å². The maximum absolute atomic E-state index is 4.56. The van der Waals surface area contributed by atoms with Crippen molar-refractivity contribution >= 4 is 11.3 Å². The number of aromatic nitrogens is 1. The maximum Gasteiger partial charge on any atom is 0.0897 e. The van der Waals surface area contributed by atoms with Gasteiger partial charge in [-0.25, -0.2) is 4.98 Å². The van der Waals surface area contributed by atoms with Gasteiger partial charge in [0, 0.05) is 17.8 Å². The summed E-state index contributed by atoms with van der Waals surface area (Å²) in [6, 6.07) is 0.570. The van der Waals surface area contributed by atoms with Crippen molar-refractivity contribution in [2.24, 2.45) is 5.41 Å². The molecule has 1 rings (SSSR count). The van der Waals surface area contributed by atoms with Crippen LogP contribution in [0.4, 0.5) is 0 Å². The van der Waals surface area contributed by atoms with Crippen LogP contribution in [0.1, 0.15) is 51.2 Å². The van der Waals surface area contributed by atoms with Crippen molar-refractivity contribution in [2.75, 3.05) is 6.54 Å². The molecule has 1 aromatic heterocycles. The summed E-state index contributed by atoms with van der Waals surface area (Å²) >= 11 is 1.75. The molecule has 2 nitrogen and oxygen atoms in total. The highest BCUT2D eigenvalue weighted by Crippen LogP contribution is 2.22. The molecule has 98 valence electrons. The van der Waals surface area contributed by atoms with Gasteiger partial charge >= 0.3 is 0 Å². The van der Waals surface area contributed by atoms with Gasteiger partial charge in [0.25, 0.3) is 0 Å². The first-order valence-electron chi connectivity index (χ1n) is 6.55. The molecule has 0 amide bonds. The van der Waals surface area contributed by atoms with Crippen LogP contribution >= 0.6 is 11.3 Å². The number of hydrogen-bond donors (Lipinski definition) is 1. The predicted molar refractivity (Wildman–Crippen MR) is 76.7 cm³/mol. The van der Waals surface area contributed by atoms with Crippen LogP contribution in [0, 0.1) is 12.3 Å². The van der Waals surface area contributed by atoms with E-state index in [1.165, 1.54) is 23.5 Å². The number of likely N-dealkylation sites (N-methyl/N-ethyl adjacent to an activating group) is 1. The molecule has 0 aliphatic heterocycles.